The van der Waals surface area contributed by atoms with Gasteiger partial charge in [0.2, 0.25) is 5.90 Å². The molecule has 138 valence electrons. The van der Waals surface area contributed by atoms with Crippen molar-refractivity contribution in [2.24, 2.45) is 4.99 Å². The van der Waals surface area contributed by atoms with Crippen molar-refractivity contribution in [3.8, 4) is 5.75 Å². The molecular formula is C21H25NO3S. The highest BCUT2D eigenvalue weighted by atomic mass is 32.1. The fourth-order valence-electron chi connectivity index (χ4n) is 2.76. The number of ketones is 1. The highest BCUT2D eigenvalue weighted by Crippen LogP contribution is 2.19. The largest absolute Gasteiger partial charge is 0.494 e. The lowest BCUT2D eigenvalue weighted by Gasteiger charge is -2.07. The molecular weight excluding hydrogens is 346 g/mol. The van der Waals surface area contributed by atoms with Crippen molar-refractivity contribution in [3.05, 3.63) is 51.7 Å². The summed E-state index contributed by atoms with van der Waals surface area (Å²) in [4.78, 5) is 18.6. The number of benzene rings is 1. The lowest BCUT2D eigenvalue weighted by molar-refractivity contribution is 0.0981. The normalized spacial score (nSPS) is 16.2. The van der Waals surface area contributed by atoms with Crippen molar-refractivity contribution in [1.29, 1.82) is 0 Å². The molecule has 0 aliphatic carbocycles. The van der Waals surface area contributed by atoms with Crippen LogP contribution in [0.25, 0.3) is 0 Å². The van der Waals surface area contributed by atoms with Gasteiger partial charge in [-0.05, 0) is 62.6 Å². The Balaban J connectivity index is 1.38. The number of nitrogens with zero attached hydrogens (tertiary/aromatic N) is 1. The van der Waals surface area contributed by atoms with Gasteiger partial charge in [-0.25, -0.2) is 4.99 Å². The van der Waals surface area contributed by atoms with Crippen LogP contribution < -0.4 is 4.74 Å². The van der Waals surface area contributed by atoms with Gasteiger partial charge < -0.3 is 9.47 Å². The van der Waals surface area contributed by atoms with Crippen LogP contribution in [0.5, 0.6) is 5.75 Å². The van der Waals surface area contributed by atoms with Crippen LogP contribution in [0, 0.1) is 6.92 Å². The van der Waals surface area contributed by atoms with E-state index in [1.165, 1.54) is 4.88 Å². The number of aryl methyl sites for hydroxylation is 1. The van der Waals surface area contributed by atoms with Crippen LogP contribution in [0.15, 0.2) is 41.4 Å². The van der Waals surface area contributed by atoms with Gasteiger partial charge in [0.15, 0.2) is 5.78 Å². The Bertz CT molecular complexity index is 764. The average Bonchev–Trinajstić information content (AvgIpc) is 3.31. The number of unbranched alkanes of at least 4 members (excludes halogenated alkanes) is 1. The second-order valence-electron chi connectivity index (χ2n) is 6.47. The molecule has 2 aromatic rings. The van der Waals surface area contributed by atoms with Gasteiger partial charge in [0, 0.05) is 16.9 Å². The third-order valence-corrected chi connectivity index (χ3v) is 5.41. The van der Waals surface area contributed by atoms with Crippen LogP contribution in [0.1, 0.15) is 52.7 Å². The van der Waals surface area contributed by atoms with Crippen molar-refractivity contribution >= 4 is 23.0 Å². The number of hydrogen-bond donors (Lipinski definition) is 0. The van der Waals surface area contributed by atoms with Gasteiger partial charge in [-0.3, -0.25) is 4.79 Å². The number of carbonyl (C=O) groups is 1. The Morgan fingerprint density at radius 2 is 2.04 bits per heavy atom. The van der Waals surface area contributed by atoms with E-state index in [1.807, 2.05) is 43.3 Å². The predicted octanol–water partition coefficient (Wildman–Crippen LogP) is 5.04. The number of Topliss-reactive ketones (excluding diaryl/α,β-unsaturated/α-hetero) is 1. The molecule has 3 rings (SSSR count). The Hall–Kier alpha value is -2.14. The summed E-state index contributed by atoms with van der Waals surface area (Å²) in [5.41, 5.74) is 0.991. The Morgan fingerprint density at radius 1 is 1.23 bits per heavy atom. The number of aliphatic imine (C=N–C) groups is 1. The van der Waals surface area contributed by atoms with Crippen molar-refractivity contribution in [2.75, 3.05) is 13.2 Å². The second kappa shape index (κ2) is 8.99. The van der Waals surface area contributed by atoms with Crippen LogP contribution in [0.4, 0.5) is 0 Å². The van der Waals surface area contributed by atoms with Crippen molar-refractivity contribution in [2.45, 2.75) is 45.6 Å². The Labute approximate surface area is 158 Å². The van der Waals surface area contributed by atoms with Gasteiger partial charge in [0.1, 0.15) is 12.4 Å². The van der Waals surface area contributed by atoms with E-state index < -0.39 is 0 Å². The van der Waals surface area contributed by atoms with Crippen molar-refractivity contribution in [1.82, 2.24) is 0 Å². The summed E-state index contributed by atoms with van der Waals surface area (Å²) in [5, 5.41) is 0. The molecule has 0 unspecified atom stereocenters. The van der Waals surface area contributed by atoms with E-state index in [2.05, 4.69) is 11.9 Å². The van der Waals surface area contributed by atoms with Gasteiger partial charge >= 0.3 is 0 Å². The van der Waals surface area contributed by atoms with E-state index in [0.29, 0.717) is 19.6 Å². The van der Waals surface area contributed by atoms with Crippen LogP contribution >= 0.6 is 11.3 Å². The molecule has 0 N–H and O–H groups in total. The fraction of sp³-hybridized carbons (Fsp3) is 0.429. The van der Waals surface area contributed by atoms with Crippen molar-refractivity contribution < 1.29 is 14.3 Å². The van der Waals surface area contributed by atoms with E-state index in [1.54, 1.807) is 11.3 Å². The molecule has 0 saturated carbocycles. The zero-order valence-electron chi connectivity index (χ0n) is 15.4. The molecule has 1 aromatic heterocycles. The SMILES string of the molecule is CC[C@@H]1COC(c2ccc(OCCCCC(=O)c3ccc(C)s3)cc2)=N1. The van der Waals surface area contributed by atoms with Gasteiger partial charge in [0.05, 0.1) is 17.5 Å². The average molecular weight is 372 g/mol. The van der Waals surface area contributed by atoms with Crippen LogP contribution in [-0.4, -0.2) is 30.9 Å². The van der Waals surface area contributed by atoms with Crippen LogP contribution in [0.3, 0.4) is 0 Å². The van der Waals surface area contributed by atoms with E-state index in [4.69, 9.17) is 9.47 Å². The zero-order chi connectivity index (χ0) is 18.4. The molecule has 0 amide bonds. The molecule has 1 aromatic carbocycles. The molecule has 26 heavy (non-hydrogen) atoms. The molecule has 1 aliphatic rings. The molecule has 0 fully saturated rings. The predicted molar refractivity (Wildman–Crippen MR) is 106 cm³/mol. The van der Waals surface area contributed by atoms with Gasteiger partial charge in [-0.15, -0.1) is 11.3 Å². The van der Waals surface area contributed by atoms with Gasteiger partial charge in [0.25, 0.3) is 0 Å². The minimum Gasteiger partial charge on any atom is -0.494 e. The third kappa shape index (κ3) is 4.94. The molecule has 0 spiro atoms. The Kier molecular flexibility index (Phi) is 6.45. The first-order valence-electron chi connectivity index (χ1n) is 9.19. The molecule has 0 bridgehead atoms. The minimum atomic E-state index is 0.232. The summed E-state index contributed by atoms with van der Waals surface area (Å²) >= 11 is 1.57. The smallest absolute Gasteiger partial charge is 0.216 e. The third-order valence-electron chi connectivity index (χ3n) is 4.37. The van der Waals surface area contributed by atoms with Crippen LogP contribution in [-0.2, 0) is 4.74 Å². The maximum absolute atomic E-state index is 12.0. The van der Waals surface area contributed by atoms with E-state index >= 15 is 0 Å². The summed E-state index contributed by atoms with van der Waals surface area (Å²) in [6, 6.07) is 12.0. The maximum Gasteiger partial charge on any atom is 0.216 e. The zero-order valence-corrected chi connectivity index (χ0v) is 16.2. The first-order chi connectivity index (χ1) is 12.7. The molecule has 1 aliphatic heterocycles. The number of rotatable bonds is 9. The van der Waals surface area contributed by atoms with Crippen molar-refractivity contribution in [3.63, 3.8) is 0 Å². The number of ether oxygens (including phenoxy) is 2. The maximum atomic E-state index is 12.0. The first kappa shape index (κ1) is 18.6. The van der Waals surface area contributed by atoms with E-state index in [-0.39, 0.29) is 11.8 Å². The lowest BCUT2D eigenvalue weighted by Crippen LogP contribution is -2.04. The molecule has 1 atom stereocenters. The molecule has 0 saturated heterocycles. The number of hydrogen-bond acceptors (Lipinski definition) is 5. The summed E-state index contributed by atoms with van der Waals surface area (Å²) < 4.78 is 11.4. The van der Waals surface area contributed by atoms with Crippen LogP contribution in [0.2, 0.25) is 0 Å². The van der Waals surface area contributed by atoms with Gasteiger partial charge in [-0.2, -0.15) is 0 Å². The molecule has 4 nitrogen and oxygen atoms in total. The van der Waals surface area contributed by atoms with E-state index in [9.17, 15) is 4.79 Å². The van der Waals surface area contributed by atoms with Gasteiger partial charge in [-0.1, -0.05) is 6.92 Å². The fourth-order valence-corrected chi connectivity index (χ4v) is 3.60. The quantitative estimate of drug-likeness (QED) is 0.458. The lowest BCUT2D eigenvalue weighted by atomic mass is 10.1. The summed E-state index contributed by atoms with van der Waals surface area (Å²) in [6.07, 6.45) is 3.29. The topological polar surface area (TPSA) is 47.9 Å². The Morgan fingerprint density at radius 3 is 2.69 bits per heavy atom. The number of thiophene rings is 1. The first-order valence-corrected chi connectivity index (χ1v) is 10.0. The standard InChI is InChI=1S/C21H25NO3S/c1-3-17-14-25-21(22-17)16-8-10-18(11-9-16)24-13-5-4-6-19(23)20-12-7-15(2)26-20/h7-12,17H,3-6,13-14H2,1-2H3/t17-/m1/s1. The summed E-state index contributed by atoms with van der Waals surface area (Å²) in [6.45, 7) is 5.43. The highest BCUT2D eigenvalue weighted by Gasteiger charge is 2.18. The monoisotopic (exact) mass is 371 g/mol. The molecule has 2 heterocycles. The number of carbonyl (C=O) groups excluding carboxylic acids is 1. The minimum absolute atomic E-state index is 0.232. The highest BCUT2D eigenvalue weighted by molar-refractivity contribution is 7.14. The summed E-state index contributed by atoms with van der Waals surface area (Å²) in [7, 11) is 0. The summed E-state index contributed by atoms with van der Waals surface area (Å²) in [5.74, 6) is 1.79. The molecule has 0 radical (unpaired) electrons. The molecule has 5 heteroatoms. The van der Waals surface area contributed by atoms with E-state index in [0.717, 1.165) is 41.4 Å². The second-order valence-corrected chi connectivity index (χ2v) is 7.76.